The molecule has 1 atom stereocenters. The number of likely N-dealkylation sites (tertiary alicyclic amines) is 1. The Morgan fingerprint density at radius 2 is 1.72 bits per heavy atom. The van der Waals surface area contributed by atoms with E-state index in [4.69, 9.17) is 4.74 Å². The fraction of sp³-hybridized carbons (Fsp3) is 0.333. The fourth-order valence-corrected chi connectivity index (χ4v) is 7.11. The van der Waals surface area contributed by atoms with Crippen molar-refractivity contribution in [3.05, 3.63) is 108 Å². The lowest BCUT2D eigenvalue weighted by Crippen LogP contribution is -2.44. The first-order chi connectivity index (χ1) is 20.7. The normalized spacial score (nSPS) is 15.2. The van der Waals surface area contributed by atoms with E-state index in [1.54, 1.807) is 37.4 Å². The summed E-state index contributed by atoms with van der Waals surface area (Å²) in [6.07, 6.45) is 3.35. The molecule has 0 aliphatic carbocycles. The summed E-state index contributed by atoms with van der Waals surface area (Å²) in [6.45, 7) is 6.03. The molecule has 1 aliphatic heterocycles. The quantitative estimate of drug-likeness (QED) is 0.206. The van der Waals surface area contributed by atoms with Crippen LogP contribution in [0.3, 0.4) is 0 Å². The Labute approximate surface area is 253 Å². The minimum absolute atomic E-state index is 0.00819. The maximum Gasteiger partial charge on any atom is 0.267 e. The maximum absolute atomic E-state index is 14.1. The van der Waals surface area contributed by atoms with Crippen LogP contribution in [0.25, 0.3) is 0 Å². The minimum atomic E-state index is -4.13. The van der Waals surface area contributed by atoms with Gasteiger partial charge in [-0.15, -0.1) is 0 Å². The van der Waals surface area contributed by atoms with Crippen molar-refractivity contribution in [1.29, 1.82) is 0 Å². The number of methoxy groups -OCH3 is 1. The third-order valence-corrected chi connectivity index (χ3v) is 9.98. The Morgan fingerprint density at radius 3 is 2.35 bits per heavy atom. The van der Waals surface area contributed by atoms with Crippen molar-refractivity contribution in [3.63, 3.8) is 0 Å². The number of aromatic nitrogens is 2. The summed E-state index contributed by atoms with van der Waals surface area (Å²) in [6, 6.07) is 24.0. The van der Waals surface area contributed by atoms with Crippen molar-refractivity contribution in [2.24, 2.45) is 0 Å². The van der Waals surface area contributed by atoms with E-state index in [-0.39, 0.29) is 23.3 Å². The number of rotatable bonds is 10. The van der Waals surface area contributed by atoms with Crippen LogP contribution in [-0.2, 0) is 16.6 Å². The van der Waals surface area contributed by atoms with E-state index >= 15 is 0 Å². The average molecular weight is 604 g/mol. The molecule has 0 radical (unpaired) electrons. The molecule has 2 aromatic carbocycles. The van der Waals surface area contributed by atoms with E-state index in [1.165, 1.54) is 30.0 Å². The molecular formula is C33H38FN5O3S. The first-order valence-corrected chi connectivity index (χ1v) is 15.9. The monoisotopic (exact) mass is 603 g/mol. The van der Waals surface area contributed by atoms with E-state index in [9.17, 15) is 12.8 Å². The van der Waals surface area contributed by atoms with Crippen molar-refractivity contribution in [2.75, 3.05) is 36.5 Å². The Bertz CT molecular complexity index is 1630. The summed E-state index contributed by atoms with van der Waals surface area (Å²) >= 11 is 0. The smallest absolute Gasteiger partial charge is 0.267 e. The number of hydrogen-bond acceptors (Lipinski definition) is 7. The van der Waals surface area contributed by atoms with E-state index < -0.39 is 16.0 Å². The predicted molar refractivity (Wildman–Crippen MR) is 167 cm³/mol. The standard InChI is InChI=1S/C33H38FN5O3S/c1-24-21-30(22-35-33(24)37(3)28-17-19-38(20-18-28)25(2)27-9-6-5-7-10-27)43(40,41)39(32-12-8-11-31(34)36-32)23-26-13-15-29(42-4)16-14-26/h5-16,21-22,25,28H,17-20,23H2,1-4H3/t25-/m1/s1. The number of anilines is 2. The van der Waals surface area contributed by atoms with Gasteiger partial charge in [-0.1, -0.05) is 48.5 Å². The molecule has 0 N–H and O–H groups in total. The summed E-state index contributed by atoms with van der Waals surface area (Å²) in [7, 11) is -0.544. The van der Waals surface area contributed by atoms with E-state index in [2.05, 4.69) is 51.0 Å². The van der Waals surface area contributed by atoms with Crippen molar-refractivity contribution in [3.8, 4) is 5.75 Å². The van der Waals surface area contributed by atoms with Crippen LogP contribution in [0.1, 0.15) is 42.5 Å². The van der Waals surface area contributed by atoms with Gasteiger partial charge in [0.05, 0.1) is 13.7 Å². The molecule has 0 bridgehead atoms. The number of piperidine rings is 1. The van der Waals surface area contributed by atoms with Crippen LogP contribution in [0.4, 0.5) is 16.0 Å². The van der Waals surface area contributed by atoms with Gasteiger partial charge in [-0.25, -0.2) is 22.7 Å². The summed E-state index contributed by atoms with van der Waals surface area (Å²) in [5, 5.41) is 0. The van der Waals surface area contributed by atoms with Gasteiger partial charge in [0, 0.05) is 38.4 Å². The van der Waals surface area contributed by atoms with Gasteiger partial charge in [-0.05, 0) is 73.7 Å². The topological polar surface area (TPSA) is 78.9 Å². The highest BCUT2D eigenvalue weighted by molar-refractivity contribution is 7.92. The molecule has 226 valence electrons. The van der Waals surface area contributed by atoms with Crippen molar-refractivity contribution in [2.45, 2.75) is 50.2 Å². The summed E-state index contributed by atoms with van der Waals surface area (Å²) in [5.41, 5.74) is 2.77. The zero-order valence-electron chi connectivity index (χ0n) is 25.0. The van der Waals surface area contributed by atoms with Gasteiger partial charge in [0.1, 0.15) is 22.3 Å². The van der Waals surface area contributed by atoms with Gasteiger partial charge < -0.3 is 9.64 Å². The van der Waals surface area contributed by atoms with E-state index in [0.29, 0.717) is 17.4 Å². The highest BCUT2D eigenvalue weighted by atomic mass is 32.2. The summed E-state index contributed by atoms with van der Waals surface area (Å²) in [4.78, 5) is 13.2. The molecule has 0 saturated carbocycles. The molecule has 10 heteroatoms. The van der Waals surface area contributed by atoms with Crippen LogP contribution in [0.5, 0.6) is 5.75 Å². The number of sulfonamides is 1. The lowest BCUT2D eigenvalue weighted by molar-refractivity contribution is 0.161. The van der Waals surface area contributed by atoms with Crippen LogP contribution in [0, 0.1) is 12.9 Å². The van der Waals surface area contributed by atoms with E-state index in [0.717, 1.165) is 41.6 Å². The van der Waals surface area contributed by atoms with Gasteiger partial charge in [0.25, 0.3) is 10.0 Å². The van der Waals surface area contributed by atoms with Gasteiger partial charge in [0.2, 0.25) is 5.95 Å². The Hall–Kier alpha value is -4.02. The molecule has 0 spiro atoms. The van der Waals surface area contributed by atoms with E-state index in [1.807, 2.05) is 20.0 Å². The van der Waals surface area contributed by atoms with Gasteiger partial charge in [-0.3, -0.25) is 4.90 Å². The summed E-state index contributed by atoms with van der Waals surface area (Å²) < 4.78 is 48.5. The third kappa shape index (κ3) is 6.81. The molecule has 1 aliphatic rings. The first-order valence-electron chi connectivity index (χ1n) is 14.4. The SMILES string of the molecule is COc1ccc(CN(c2cccc(F)n2)S(=O)(=O)c2cnc(N(C)C3CCN([C@H](C)c4ccccc4)CC3)c(C)c2)cc1. The Kier molecular flexibility index (Phi) is 9.27. The van der Waals surface area contributed by atoms with Crippen LogP contribution < -0.4 is 13.9 Å². The lowest BCUT2D eigenvalue weighted by Gasteiger charge is -2.40. The number of aryl methyl sites for hydroxylation is 1. The number of halogens is 1. The van der Waals surface area contributed by atoms with Crippen molar-refractivity contribution in [1.82, 2.24) is 14.9 Å². The number of benzene rings is 2. The number of hydrogen-bond donors (Lipinski definition) is 0. The second kappa shape index (κ2) is 13.1. The van der Waals surface area contributed by atoms with Gasteiger partial charge >= 0.3 is 0 Å². The minimum Gasteiger partial charge on any atom is -0.497 e. The average Bonchev–Trinajstić information content (AvgIpc) is 3.03. The molecule has 2 aromatic heterocycles. The fourth-order valence-electron chi connectivity index (χ4n) is 5.68. The second-order valence-corrected chi connectivity index (χ2v) is 12.8. The maximum atomic E-state index is 14.1. The molecule has 1 saturated heterocycles. The van der Waals surface area contributed by atoms with Crippen LogP contribution in [0.2, 0.25) is 0 Å². The number of ether oxygens (including phenoxy) is 1. The molecular weight excluding hydrogens is 565 g/mol. The predicted octanol–water partition coefficient (Wildman–Crippen LogP) is 5.99. The molecule has 4 aromatic rings. The largest absolute Gasteiger partial charge is 0.497 e. The van der Waals surface area contributed by atoms with Gasteiger partial charge in [0.15, 0.2) is 0 Å². The van der Waals surface area contributed by atoms with Crippen molar-refractivity contribution < 1.29 is 17.5 Å². The molecule has 1 fully saturated rings. The Balaban J connectivity index is 1.34. The Morgan fingerprint density at radius 1 is 1.02 bits per heavy atom. The second-order valence-electron chi connectivity index (χ2n) is 11.0. The molecule has 0 amide bonds. The summed E-state index contributed by atoms with van der Waals surface area (Å²) in [5.74, 6) is 0.631. The number of pyridine rings is 2. The molecule has 43 heavy (non-hydrogen) atoms. The van der Waals surface area contributed by atoms with Crippen molar-refractivity contribution >= 4 is 21.7 Å². The molecule has 5 rings (SSSR count). The first kappa shape index (κ1) is 30.4. The highest BCUT2D eigenvalue weighted by Crippen LogP contribution is 2.31. The zero-order chi connectivity index (χ0) is 30.6. The number of nitrogens with zero attached hydrogens (tertiary/aromatic N) is 5. The molecule has 3 heterocycles. The van der Waals surface area contributed by atoms with Gasteiger partial charge in [-0.2, -0.15) is 4.39 Å². The highest BCUT2D eigenvalue weighted by Gasteiger charge is 2.30. The third-order valence-electron chi connectivity index (χ3n) is 8.27. The molecule has 0 unspecified atom stereocenters. The van der Waals surface area contributed by atoms with Crippen LogP contribution in [0.15, 0.2) is 90.0 Å². The molecule has 8 nitrogen and oxygen atoms in total. The lowest BCUT2D eigenvalue weighted by atomic mass is 9.99. The van der Waals surface area contributed by atoms with Crippen LogP contribution >= 0.6 is 0 Å². The zero-order valence-corrected chi connectivity index (χ0v) is 25.8. The van der Waals surface area contributed by atoms with Crippen LogP contribution in [-0.4, -0.2) is 56.6 Å².